The molecule has 1 aliphatic rings. The van der Waals surface area contributed by atoms with Crippen molar-refractivity contribution in [3.05, 3.63) is 0 Å². The Morgan fingerprint density at radius 3 is 2.88 bits per heavy atom. The molecule has 0 bridgehead atoms. The van der Waals surface area contributed by atoms with Crippen LogP contribution in [0.5, 0.6) is 0 Å². The third-order valence-electron chi connectivity index (χ3n) is 2.67. The van der Waals surface area contributed by atoms with E-state index < -0.39 is 10.2 Å². The van der Waals surface area contributed by atoms with Crippen LogP contribution in [0.3, 0.4) is 0 Å². The number of thioether (sulfide) groups is 1. The standard InChI is InChI=1S/C9H21N3O2S2/c1-12(5-2-4-10)16(13,14)11-7-9-3-6-15-8-9/h9,11H,2-8,10H2,1H3. The molecule has 0 saturated carbocycles. The van der Waals surface area contributed by atoms with Gasteiger partial charge in [0.2, 0.25) is 0 Å². The van der Waals surface area contributed by atoms with Crippen molar-refractivity contribution in [2.75, 3.05) is 38.2 Å². The third-order valence-corrected chi connectivity index (χ3v) is 5.43. The maximum Gasteiger partial charge on any atom is 0.279 e. The molecule has 0 aliphatic carbocycles. The second-order valence-corrected chi connectivity index (χ2v) is 7.06. The Hall–Kier alpha value is 0.180. The van der Waals surface area contributed by atoms with E-state index >= 15 is 0 Å². The minimum absolute atomic E-state index is 0.477. The van der Waals surface area contributed by atoms with E-state index in [0.717, 1.165) is 17.9 Å². The molecule has 1 aliphatic heterocycles. The largest absolute Gasteiger partial charge is 0.330 e. The van der Waals surface area contributed by atoms with Gasteiger partial charge in [0.05, 0.1) is 0 Å². The van der Waals surface area contributed by atoms with Crippen molar-refractivity contribution in [2.45, 2.75) is 12.8 Å². The van der Waals surface area contributed by atoms with Crippen molar-refractivity contribution >= 4 is 22.0 Å². The molecular weight excluding hydrogens is 246 g/mol. The van der Waals surface area contributed by atoms with Gasteiger partial charge in [-0.15, -0.1) is 0 Å². The van der Waals surface area contributed by atoms with E-state index in [4.69, 9.17) is 5.73 Å². The number of nitrogens with one attached hydrogen (secondary N) is 1. The zero-order valence-corrected chi connectivity index (χ0v) is 11.3. The van der Waals surface area contributed by atoms with E-state index in [1.165, 1.54) is 4.31 Å². The van der Waals surface area contributed by atoms with Crippen LogP contribution in [-0.4, -0.2) is 50.9 Å². The van der Waals surface area contributed by atoms with Crippen LogP contribution >= 0.6 is 11.8 Å². The van der Waals surface area contributed by atoms with E-state index in [0.29, 0.717) is 32.0 Å². The van der Waals surface area contributed by atoms with E-state index in [1.54, 1.807) is 7.05 Å². The Morgan fingerprint density at radius 1 is 1.56 bits per heavy atom. The maximum atomic E-state index is 11.8. The Morgan fingerprint density at radius 2 is 2.31 bits per heavy atom. The normalized spacial score (nSPS) is 21.8. The second-order valence-electron chi connectivity index (χ2n) is 4.05. The summed E-state index contributed by atoms with van der Waals surface area (Å²) in [6, 6.07) is 0. The molecule has 5 nitrogen and oxygen atoms in total. The quantitative estimate of drug-likeness (QED) is 0.673. The fraction of sp³-hybridized carbons (Fsp3) is 1.00. The third kappa shape index (κ3) is 4.58. The van der Waals surface area contributed by atoms with Crippen LogP contribution in [0.2, 0.25) is 0 Å². The van der Waals surface area contributed by atoms with Gasteiger partial charge in [-0.1, -0.05) is 0 Å². The van der Waals surface area contributed by atoms with Crippen molar-refractivity contribution in [1.29, 1.82) is 0 Å². The Kier molecular flexibility index (Phi) is 6.06. The van der Waals surface area contributed by atoms with Crippen LogP contribution in [0, 0.1) is 5.92 Å². The summed E-state index contributed by atoms with van der Waals surface area (Å²) < 4.78 is 27.5. The Bertz CT molecular complexity index is 289. The van der Waals surface area contributed by atoms with E-state index in [2.05, 4.69) is 4.72 Å². The second kappa shape index (κ2) is 6.80. The lowest BCUT2D eigenvalue weighted by atomic mass is 10.1. The summed E-state index contributed by atoms with van der Waals surface area (Å²) in [5.41, 5.74) is 5.35. The Labute approximate surface area is 102 Å². The van der Waals surface area contributed by atoms with Crippen LogP contribution in [0.1, 0.15) is 12.8 Å². The predicted molar refractivity (Wildman–Crippen MR) is 68.7 cm³/mol. The monoisotopic (exact) mass is 267 g/mol. The van der Waals surface area contributed by atoms with E-state index in [9.17, 15) is 8.42 Å². The summed E-state index contributed by atoms with van der Waals surface area (Å²) in [7, 11) is -1.72. The summed E-state index contributed by atoms with van der Waals surface area (Å²) in [5.74, 6) is 2.70. The van der Waals surface area contributed by atoms with Gasteiger partial charge in [-0.05, 0) is 36.8 Å². The van der Waals surface area contributed by atoms with Crippen molar-refractivity contribution in [3.8, 4) is 0 Å². The van der Waals surface area contributed by atoms with Crippen LogP contribution < -0.4 is 10.5 Å². The Balaban J connectivity index is 2.32. The summed E-state index contributed by atoms with van der Waals surface area (Å²) >= 11 is 1.89. The average Bonchev–Trinajstić information content (AvgIpc) is 2.76. The van der Waals surface area contributed by atoms with Gasteiger partial charge in [0, 0.05) is 20.1 Å². The van der Waals surface area contributed by atoms with Crippen LogP contribution in [0.25, 0.3) is 0 Å². The molecule has 96 valence electrons. The van der Waals surface area contributed by atoms with Crippen LogP contribution in [-0.2, 0) is 10.2 Å². The molecule has 16 heavy (non-hydrogen) atoms. The lowest BCUT2D eigenvalue weighted by molar-refractivity contribution is 0.445. The first-order chi connectivity index (χ1) is 7.56. The molecule has 0 aromatic carbocycles. The maximum absolute atomic E-state index is 11.8. The molecule has 0 amide bonds. The van der Waals surface area contributed by atoms with Crippen LogP contribution in [0.4, 0.5) is 0 Å². The number of nitrogens with zero attached hydrogens (tertiary/aromatic N) is 1. The highest BCUT2D eigenvalue weighted by molar-refractivity contribution is 7.99. The molecule has 1 atom stereocenters. The van der Waals surface area contributed by atoms with Gasteiger partial charge < -0.3 is 5.73 Å². The topological polar surface area (TPSA) is 75.4 Å². The van der Waals surface area contributed by atoms with Gasteiger partial charge in [-0.2, -0.15) is 24.5 Å². The summed E-state index contributed by atoms with van der Waals surface area (Å²) in [6.45, 7) is 1.55. The molecule has 1 heterocycles. The molecule has 1 fully saturated rings. The smallest absolute Gasteiger partial charge is 0.279 e. The SMILES string of the molecule is CN(CCCN)S(=O)(=O)NCC1CCSC1. The molecule has 1 saturated heterocycles. The average molecular weight is 267 g/mol. The number of hydrogen-bond acceptors (Lipinski definition) is 4. The molecule has 3 N–H and O–H groups in total. The van der Waals surface area contributed by atoms with Gasteiger partial charge in [0.25, 0.3) is 10.2 Å². The zero-order chi connectivity index (χ0) is 12.0. The highest BCUT2D eigenvalue weighted by atomic mass is 32.2. The summed E-state index contributed by atoms with van der Waals surface area (Å²) in [5, 5.41) is 0. The van der Waals surface area contributed by atoms with Gasteiger partial charge in [-0.3, -0.25) is 0 Å². The van der Waals surface area contributed by atoms with Crippen molar-refractivity contribution in [3.63, 3.8) is 0 Å². The number of rotatable bonds is 7. The van der Waals surface area contributed by atoms with E-state index in [1.807, 2.05) is 11.8 Å². The first-order valence-corrected chi connectivity index (χ1v) is 8.14. The first-order valence-electron chi connectivity index (χ1n) is 5.55. The molecule has 0 radical (unpaired) electrons. The molecule has 0 spiro atoms. The highest BCUT2D eigenvalue weighted by Crippen LogP contribution is 2.22. The van der Waals surface area contributed by atoms with Gasteiger partial charge in [0.15, 0.2) is 0 Å². The molecule has 1 unspecified atom stereocenters. The summed E-state index contributed by atoms with van der Waals surface area (Å²) in [4.78, 5) is 0. The predicted octanol–water partition coefficient (Wildman–Crippen LogP) is -0.145. The van der Waals surface area contributed by atoms with Crippen molar-refractivity contribution in [1.82, 2.24) is 9.03 Å². The molecule has 0 aromatic heterocycles. The minimum Gasteiger partial charge on any atom is -0.330 e. The fourth-order valence-electron chi connectivity index (χ4n) is 1.51. The fourth-order valence-corrected chi connectivity index (χ4v) is 3.83. The lowest BCUT2D eigenvalue weighted by Crippen LogP contribution is -2.41. The summed E-state index contributed by atoms with van der Waals surface area (Å²) in [6.07, 6.45) is 1.80. The molecular formula is C9H21N3O2S2. The minimum atomic E-state index is -3.30. The number of hydrogen-bond donors (Lipinski definition) is 2. The highest BCUT2D eigenvalue weighted by Gasteiger charge is 2.21. The van der Waals surface area contributed by atoms with Crippen molar-refractivity contribution in [2.24, 2.45) is 11.7 Å². The van der Waals surface area contributed by atoms with Gasteiger partial charge >= 0.3 is 0 Å². The van der Waals surface area contributed by atoms with Gasteiger partial charge in [0.1, 0.15) is 0 Å². The molecule has 7 heteroatoms. The van der Waals surface area contributed by atoms with Crippen LogP contribution in [0.15, 0.2) is 0 Å². The lowest BCUT2D eigenvalue weighted by Gasteiger charge is -2.18. The zero-order valence-electron chi connectivity index (χ0n) is 9.68. The van der Waals surface area contributed by atoms with Gasteiger partial charge in [-0.25, -0.2) is 4.72 Å². The van der Waals surface area contributed by atoms with E-state index in [-0.39, 0.29) is 0 Å². The number of nitrogens with two attached hydrogens (primary N) is 1. The molecule has 0 aromatic rings. The van der Waals surface area contributed by atoms with Crippen molar-refractivity contribution < 1.29 is 8.42 Å². The first kappa shape index (κ1) is 14.2. The molecule has 1 rings (SSSR count).